The summed E-state index contributed by atoms with van der Waals surface area (Å²) in [5.41, 5.74) is 3.56. The third-order valence-electron chi connectivity index (χ3n) is 3.21. The van der Waals surface area contributed by atoms with Crippen LogP contribution in [0.5, 0.6) is 5.75 Å². The number of benzene rings is 1. The van der Waals surface area contributed by atoms with Gasteiger partial charge in [0.1, 0.15) is 19.4 Å². The van der Waals surface area contributed by atoms with Crippen molar-refractivity contribution in [2.45, 2.75) is 38.4 Å². The molecule has 0 aliphatic rings. The lowest BCUT2D eigenvalue weighted by Gasteiger charge is -2.17. The molecule has 144 valence electrons. The molecule has 0 fully saturated rings. The molecule has 0 bridgehead atoms. The molecule has 26 heavy (non-hydrogen) atoms. The minimum Gasteiger partial charge on any atom is -0.493 e. The predicted octanol–water partition coefficient (Wildman–Crippen LogP) is 2.74. The molecule has 1 rings (SSSR count). The summed E-state index contributed by atoms with van der Waals surface area (Å²) in [4.78, 5) is 12.2. The summed E-state index contributed by atoms with van der Waals surface area (Å²) < 4.78 is 37.2. The molecule has 0 saturated heterocycles. The molecule has 0 spiro atoms. The second kappa shape index (κ2) is 8.71. The van der Waals surface area contributed by atoms with Gasteiger partial charge in [0.2, 0.25) is 10.0 Å². The Bertz CT molecular complexity index is 830. The van der Waals surface area contributed by atoms with Gasteiger partial charge in [-0.05, 0) is 26.0 Å². The quantitative estimate of drug-likeness (QED) is 0.419. The first kappa shape index (κ1) is 22.2. The number of carbonyl (C=O) groups excluding carboxylic acids is 1. The summed E-state index contributed by atoms with van der Waals surface area (Å²) >= 11 is 0. The van der Waals surface area contributed by atoms with Gasteiger partial charge in [0.25, 0.3) is 0 Å². The molecule has 0 unspecified atom stereocenters. The number of sulfonamides is 1. The zero-order valence-electron chi connectivity index (χ0n) is 16.5. The van der Waals surface area contributed by atoms with E-state index in [1.165, 1.54) is 26.2 Å². The molecule has 0 aliphatic carbocycles. The maximum absolute atomic E-state index is 12.8. The van der Waals surface area contributed by atoms with Gasteiger partial charge in [-0.1, -0.05) is 25.6 Å². The molecule has 0 amide bonds. The van der Waals surface area contributed by atoms with Crippen molar-refractivity contribution in [1.29, 1.82) is 0 Å². The van der Waals surface area contributed by atoms with Crippen LogP contribution in [0.25, 0.3) is 0 Å². The van der Waals surface area contributed by atoms with E-state index in [9.17, 15) is 13.2 Å². The van der Waals surface area contributed by atoms with E-state index in [0.717, 1.165) is 4.31 Å². The Morgan fingerprint density at radius 3 is 2.23 bits per heavy atom. The van der Waals surface area contributed by atoms with Gasteiger partial charge < -0.3 is 9.47 Å². The van der Waals surface area contributed by atoms with Crippen molar-refractivity contribution in [3.63, 3.8) is 0 Å². The third kappa shape index (κ3) is 5.59. The van der Waals surface area contributed by atoms with Gasteiger partial charge in [-0.3, -0.25) is 0 Å². The van der Waals surface area contributed by atoms with Gasteiger partial charge in [-0.2, -0.15) is 0 Å². The molecular weight excluding hydrogens is 370 g/mol. The van der Waals surface area contributed by atoms with Gasteiger partial charge in [0, 0.05) is 19.7 Å². The van der Waals surface area contributed by atoms with Crippen molar-refractivity contribution < 1.29 is 22.7 Å². The monoisotopic (exact) mass is 397 g/mol. The van der Waals surface area contributed by atoms with Crippen molar-refractivity contribution in [2.24, 2.45) is 0 Å². The van der Waals surface area contributed by atoms with E-state index in [-0.39, 0.29) is 22.8 Å². The highest BCUT2D eigenvalue weighted by Gasteiger charge is 2.26. The molecule has 0 saturated carbocycles. The number of carbonyl (C=O) groups is 1. The molecule has 0 atom stereocenters. The highest BCUT2D eigenvalue weighted by atomic mass is 32.2. The fourth-order valence-electron chi connectivity index (χ4n) is 1.97. The fraction of sp³-hybridized carbons (Fsp3) is 0.500. The normalized spacial score (nSPS) is 11.7. The highest BCUT2D eigenvalue weighted by molar-refractivity contribution is 7.89. The average Bonchev–Trinajstić information content (AvgIpc) is 2.52. The van der Waals surface area contributed by atoms with Gasteiger partial charge in [-0.25, -0.2) is 17.5 Å². The van der Waals surface area contributed by atoms with Gasteiger partial charge >= 0.3 is 5.97 Å². The number of nitrogens with zero attached hydrogens (tertiary/aromatic N) is 1. The van der Waals surface area contributed by atoms with E-state index in [1.807, 2.05) is 0 Å². The lowest BCUT2D eigenvalue weighted by molar-refractivity contribution is 0.0521. The van der Waals surface area contributed by atoms with Gasteiger partial charge in [-0.15, -0.1) is 5.54 Å². The van der Waals surface area contributed by atoms with Crippen LogP contribution in [0.3, 0.4) is 0 Å². The van der Waals surface area contributed by atoms with Gasteiger partial charge in [0.15, 0.2) is 0 Å². The fourth-order valence-corrected chi connectivity index (χ4v) is 3.52. The van der Waals surface area contributed by atoms with Crippen LogP contribution in [0.15, 0.2) is 17.0 Å². The van der Waals surface area contributed by atoms with E-state index in [0.29, 0.717) is 12.2 Å². The Labute approximate surface area is 157 Å². The summed E-state index contributed by atoms with van der Waals surface area (Å²) in [5, 5.41) is 0. The smallest absolute Gasteiger partial charge is 0.341 e. The molecule has 6 nitrogen and oxygen atoms in total. The van der Waals surface area contributed by atoms with Crippen molar-refractivity contribution in [3.8, 4) is 17.2 Å². The van der Waals surface area contributed by atoms with Crippen LogP contribution >= 0.6 is 0 Å². The SMILES string of the molecule is CCOC(=O)c1cc(S(=O)(=O)N(C)C)c(C#C[Si](C)(C)C)cc1OCC. The predicted molar refractivity (Wildman–Crippen MR) is 105 cm³/mol. The summed E-state index contributed by atoms with van der Waals surface area (Å²) in [6.07, 6.45) is 0. The molecule has 8 heteroatoms. The van der Waals surface area contributed by atoms with Crippen molar-refractivity contribution in [1.82, 2.24) is 4.31 Å². The van der Waals surface area contributed by atoms with E-state index in [2.05, 4.69) is 31.1 Å². The van der Waals surface area contributed by atoms with Crippen LogP contribution < -0.4 is 4.74 Å². The van der Waals surface area contributed by atoms with E-state index >= 15 is 0 Å². The number of hydrogen-bond acceptors (Lipinski definition) is 5. The molecule has 1 aromatic carbocycles. The van der Waals surface area contributed by atoms with Crippen LogP contribution in [-0.4, -0.2) is 54.1 Å². The molecule has 1 aromatic rings. The van der Waals surface area contributed by atoms with Gasteiger partial charge in [0.05, 0.1) is 18.1 Å². The topological polar surface area (TPSA) is 72.9 Å². The van der Waals surface area contributed by atoms with Crippen LogP contribution in [0, 0.1) is 11.5 Å². The minimum absolute atomic E-state index is 0.0280. The number of hydrogen-bond donors (Lipinski definition) is 0. The first-order valence-corrected chi connectivity index (χ1v) is 13.3. The van der Waals surface area contributed by atoms with Crippen LogP contribution in [0.4, 0.5) is 0 Å². The Hall–Kier alpha value is -1.82. The second-order valence-corrected chi connectivity index (χ2v) is 13.7. The Balaban J connectivity index is 3.78. The molecule has 0 radical (unpaired) electrons. The first-order valence-electron chi connectivity index (χ1n) is 8.37. The van der Waals surface area contributed by atoms with Crippen molar-refractivity contribution in [3.05, 3.63) is 23.3 Å². The maximum atomic E-state index is 12.8. The lowest BCUT2D eigenvalue weighted by Crippen LogP contribution is -2.24. The Morgan fingerprint density at radius 1 is 1.15 bits per heavy atom. The second-order valence-electron chi connectivity index (χ2n) is 6.79. The summed E-state index contributed by atoms with van der Waals surface area (Å²) in [6.45, 7) is 10.2. The van der Waals surface area contributed by atoms with Crippen molar-refractivity contribution >= 4 is 24.1 Å². The maximum Gasteiger partial charge on any atom is 0.341 e. The molecule has 0 N–H and O–H groups in total. The summed E-state index contributed by atoms with van der Waals surface area (Å²) in [6, 6.07) is 2.81. The lowest BCUT2D eigenvalue weighted by atomic mass is 10.1. The summed E-state index contributed by atoms with van der Waals surface area (Å²) in [7, 11) is -2.66. The number of esters is 1. The Kier molecular flexibility index (Phi) is 7.44. The van der Waals surface area contributed by atoms with Crippen LogP contribution in [0.2, 0.25) is 19.6 Å². The molecule has 0 heterocycles. The zero-order chi connectivity index (χ0) is 20.1. The third-order valence-corrected chi connectivity index (χ3v) is 5.94. The summed E-state index contributed by atoms with van der Waals surface area (Å²) in [5.74, 6) is 2.62. The standard InChI is InChI=1S/C18H27NO5SSi/c1-8-23-16-12-14(10-11-26(5,6)7)17(25(21,22)19(3)4)13-15(16)18(20)24-9-2/h12-13H,8-9H2,1-7H3. The van der Waals surface area contributed by atoms with Crippen LogP contribution in [0.1, 0.15) is 29.8 Å². The molecule has 0 aromatic heterocycles. The zero-order valence-corrected chi connectivity index (χ0v) is 18.3. The minimum atomic E-state index is -3.79. The largest absolute Gasteiger partial charge is 0.493 e. The van der Waals surface area contributed by atoms with Crippen molar-refractivity contribution in [2.75, 3.05) is 27.3 Å². The molecule has 0 aliphatic heterocycles. The first-order chi connectivity index (χ1) is 11.9. The number of rotatable bonds is 6. The number of ether oxygens (including phenoxy) is 2. The van der Waals surface area contributed by atoms with E-state index < -0.39 is 24.1 Å². The van der Waals surface area contributed by atoms with E-state index in [4.69, 9.17) is 9.47 Å². The van der Waals surface area contributed by atoms with E-state index in [1.54, 1.807) is 13.8 Å². The molecular formula is C18H27NO5SSi. The highest BCUT2D eigenvalue weighted by Crippen LogP contribution is 2.29. The Morgan fingerprint density at radius 2 is 1.77 bits per heavy atom. The van der Waals surface area contributed by atoms with Crippen LogP contribution in [-0.2, 0) is 14.8 Å². The average molecular weight is 398 g/mol.